The highest BCUT2D eigenvalue weighted by Gasteiger charge is 2.37. The fourth-order valence-corrected chi connectivity index (χ4v) is 3.20. The number of nitrogens with zero attached hydrogens (tertiary/aromatic N) is 1. The van der Waals surface area contributed by atoms with E-state index in [9.17, 15) is 14.4 Å². The number of ether oxygens (including phenoxy) is 2. The molecule has 1 N–H and O–H groups in total. The van der Waals surface area contributed by atoms with Gasteiger partial charge in [0.25, 0.3) is 11.8 Å². The van der Waals surface area contributed by atoms with E-state index in [2.05, 4.69) is 21.2 Å². The van der Waals surface area contributed by atoms with Crippen molar-refractivity contribution in [1.29, 1.82) is 0 Å². The van der Waals surface area contributed by atoms with Gasteiger partial charge in [-0.15, -0.1) is 0 Å². The minimum absolute atomic E-state index is 0.0391. The zero-order valence-corrected chi connectivity index (χ0v) is 18.6. The number of benzene rings is 2. The van der Waals surface area contributed by atoms with Gasteiger partial charge >= 0.3 is 6.03 Å². The number of hydrogen-bond donors (Lipinski definition) is 1. The van der Waals surface area contributed by atoms with Crippen LogP contribution in [0.4, 0.5) is 10.5 Å². The van der Waals surface area contributed by atoms with Crippen molar-refractivity contribution < 1.29 is 23.9 Å². The maximum absolute atomic E-state index is 13.0. The highest BCUT2D eigenvalue weighted by molar-refractivity contribution is 9.10. The van der Waals surface area contributed by atoms with E-state index in [4.69, 9.17) is 9.47 Å². The zero-order chi connectivity index (χ0) is 22.0. The Bertz CT molecular complexity index is 1060. The second-order valence-electron chi connectivity index (χ2n) is 6.97. The molecule has 156 valence electrons. The van der Waals surface area contributed by atoms with Gasteiger partial charge in [-0.2, -0.15) is 0 Å². The Morgan fingerprint density at radius 1 is 1.07 bits per heavy atom. The quantitative estimate of drug-likeness (QED) is 0.520. The standard InChI is InChI=1S/C22H21BrN2O5/c1-12(2)30-18-8-5-14(11-19(18)29-4)10-16-20(26)24-22(28)25(21(16)27)15-6-7-17(23)13(3)9-15/h5-12H,1-4H3,(H,24,26,28). The van der Waals surface area contributed by atoms with E-state index in [1.807, 2.05) is 20.8 Å². The van der Waals surface area contributed by atoms with Crippen LogP contribution >= 0.6 is 15.9 Å². The molecule has 0 bridgehead atoms. The zero-order valence-electron chi connectivity index (χ0n) is 17.0. The largest absolute Gasteiger partial charge is 0.493 e. The molecule has 0 aromatic heterocycles. The number of carbonyl (C=O) groups excluding carboxylic acids is 3. The highest BCUT2D eigenvalue weighted by atomic mass is 79.9. The van der Waals surface area contributed by atoms with Crippen LogP contribution in [-0.4, -0.2) is 31.1 Å². The molecule has 7 nitrogen and oxygen atoms in total. The number of nitrogens with one attached hydrogen (secondary N) is 1. The van der Waals surface area contributed by atoms with Gasteiger partial charge < -0.3 is 9.47 Å². The number of methoxy groups -OCH3 is 1. The molecular formula is C22H21BrN2O5. The molecular weight excluding hydrogens is 452 g/mol. The molecule has 30 heavy (non-hydrogen) atoms. The molecule has 4 amide bonds. The van der Waals surface area contributed by atoms with E-state index in [1.54, 1.807) is 36.4 Å². The van der Waals surface area contributed by atoms with Gasteiger partial charge in [-0.05, 0) is 68.3 Å². The van der Waals surface area contributed by atoms with Gasteiger partial charge in [-0.1, -0.05) is 22.0 Å². The first-order valence-corrected chi connectivity index (χ1v) is 10.0. The molecule has 2 aromatic carbocycles. The first kappa shape index (κ1) is 21.6. The number of imide groups is 2. The van der Waals surface area contributed by atoms with Crippen LogP contribution in [0.3, 0.4) is 0 Å². The summed E-state index contributed by atoms with van der Waals surface area (Å²) in [4.78, 5) is 38.7. The van der Waals surface area contributed by atoms with Crippen molar-refractivity contribution in [3.8, 4) is 11.5 Å². The average molecular weight is 473 g/mol. The smallest absolute Gasteiger partial charge is 0.335 e. The molecule has 2 aromatic rings. The molecule has 0 spiro atoms. The minimum Gasteiger partial charge on any atom is -0.493 e. The summed E-state index contributed by atoms with van der Waals surface area (Å²) in [5, 5.41) is 2.22. The number of aryl methyl sites for hydroxylation is 1. The minimum atomic E-state index is -0.790. The van der Waals surface area contributed by atoms with E-state index in [1.165, 1.54) is 13.2 Å². The van der Waals surface area contributed by atoms with Crippen molar-refractivity contribution in [1.82, 2.24) is 5.32 Å². The van der Waals surface area contributed by atoms with E-state index < -0.39 is 17.8 Å². The van der Waals surface area contributed by atoms with Crippen LogP contribution in [0, 0.1) is 6.92 Å². The van der Waals surface area contributed by atoms with Crippen molar-refractivity contribution in [2.75, 3.05) is 12.0 Å². The van der Waals surface area contributed by atoms with Gasteiger partial charge in [0.1, 0.15) is 5.57 Å². The molecule has 1 aliphatic rings. The number of urea groups is 1. The summed E-state index contributed by atoms with van der Waals surface area (Å²) in [6, 6.07) is 9.34. The summed E-state index contributed by atoms with van der Waals surface area (Å²) in [6.45, 7) is 5.64. The van der Waals surface area contributed by atoms with Crippen molar-refractivity contribution in [3.05, 3.63) is 57.6 Å². The molecule has 3 rings (SSSR count). The summed E-state index contributed by atoms with van der Waals surface area (Å²) in [7, 11) is 1.51. The van der Waals surface area contributed by atoms with Crippen LogP contribution in [-0.2, 0) is 9.59 Å². The van der Waals surface area contributed by atoms with Crippen molar-refractivity contribution in [2.45, 2.75) is 26.9 Å². The topological polar surface area (TPSA) is 84.9 Å². The SMILES string of the molecule is COc1cc(C=C2C(=O)NC(=O)N(c3ccc(Br)c(C)c3)C2=O)ccc1OC(C)C. The van der Waals surface area contributed by atoms with E-state index in [0.29, 0.717) is 22.7 Å². The second kappa shape index (κ2) is 8.71. The maximum Gasteiger partial charge on any atom is 0.335 e. The lowest BCUT2D eigenvalue weighted by molar-refractivity contribution is -0.122. The first-order chi connectivity index (χ1) is 14.2. The van der Waals surface area contributed by atoms with Gasteiger partial charge in [0, 0.05) is 4.47 Å². The molecule has 1 saturated heterocycles. The number of rotatable bonds is 5. The normalized spacial score (nSPS) is 15.6. The predicted octanol–water partition coefficient (Wildman–Crippen LogP) is 4.22. The van der Waals surface area contributed by atoms with Crippen LogP contribution in [0.2, 0.25) is 0 Å². The Balaban J connectivity index is 1.99. The maximum atomic E-state index is 13.0. The summed E-state index contributed by atoms with van der Waals surface area (Å²) in [5.41, 5.74) is 1.62. The lowest BCUT2D eigenvalue weighted by atomic mass is 10.1. The summed E-state index contributed by atoms with van der Waals surface area (Å²) in [6.07, 6.45) is 1.38. The Morgan fingerprint density at radius 2 is 1.80 bits per heavy atom. The highest BCUT2D eigenvalue weighted by Crippen LogP contribution is 2.31. The number of barbiturate groups is 1. The predicted molar refractivity (Wildman–Crippen MR) is 117 cm³/mol. The Morgan fingerprint density at radius 3 is 2.43 bits per heavy atom. The number of halogens is 1. The lowest BCUT2D eigenvalue weighted by Gasteiger charge is -2.26. The molecule has 1 aliphatic heterocycles. The summed E-state index contributed by atoms with van der Waals surface area (Å²) >= 11 is 3.39. The van der Waals surface area contributed by atoms with E-state index in [0.717, 1.165) is 14.9 Å². The Hall–Kier alpha value is -3.13. The van der Waals surface area contributed by atoms with Gasteiger partial charge in [0.05, 0.1) is 18.9 Å². The van der Waals surface area contributed by atoms with Gasteiger partial charge in [-0.25, -0.2) is 9.69 Å². The van der Waals surface area contributed by atoms with E-state index in [-0.39, 0.29) is 11.7 Å². The Kier molecular flexibility index (Phi) is 6.26. The lowest BCUT2D eigenvalue weighted by Crippen LogP contribution is -2.54. The van der Waals surface area contributed by atoms with Crippen molar-refractivity contribution in [3.63, 3.8) is 0 Å². The van der Waals surface area contributed by atoms with Crippen LogP contribution < -0.4 is 19.7 Å². The summed E-state index contributed by atoms with van der Waals surface area (Å²) < 4.78 is 11.9. The molecule has 8 heteroatoms. The molecule has 1 heterocycles. The number of hydrogen-bond acceptors (Lipinski definition) is 5. The van der Waals surface area contributed by atoms with Crippen LogP contribution in [0.1, 0.15) is 25.0 Å². The fourth-order valence-electron chi connectivity index (χ4n) is 2.95. The molecule has 0 saturated carbocycles. The molecule has 0 unspecified atom stereocenters. The third kappa shape index (κ3) is 4.38. The van der Waals surface area contributed by atoms with Gasteiger partial charge in [0.2, 0.25) is 0 Å². The van der Waals surface area contributed by atoms with Crippen molar-refractivity contribution in [2.24, 2.45) is 0 Å². The van der Waals surface area contributed by atoms with E-state index >= 15 is 0 Å². The third-order valence-corrected chi connectivity index (χ3v) is 5.25. The molecule has 0 aliphatic carbocycles. The number of carbonyl (C=O) groups is 3. The summed E-state index contributed by atoms with van der Waals surface area (Å²) in [5.74, 6) is -0.432. The number of amides is 4. The first-order valence-electron chi connectivity index (χ1n) is 9.23. The van der Waals surface area contributed by atoms with Crippen LogP contribution in [0.15, 0.2) is 46.4 Å². The molecule has 0 radical (unpaired) electrons. The second-order valence-corrected chi connectivity index (χ2v) is 7.82. The van der Waals surface area contributed by atoms with Crippen LogP contribution in [0.5, 0.6) is 11.5 Å². The number of anilines is 1. The Labute approximate surface area is 182 Å². The van der Waals surface area contributed by atoms with Gasteiger partial charge in [-0.3, -0.25) is 14.9 Å². The third-order valence-electron chi connectivity index (χ3n) is 4.36. The average Bonchev–Trinajstić information content (AvgIpc) is 2.68. The fraction of sp³-hybridized carbons (Fsp3) is 0.227. The van der Waals surface area contributed by atoms with Gasteiger partial charge in [0.15, 0.2) is 11.5 Å². The molecule has 1 fully saturated rings. The van der Waals surface area contributed by atoms with Crippen molar-refractivity contribution >= 4 is 45.5 Å². The monoisotopic (exact) mass is 472 g/mol. The van der Waals surface area contributed by atoms with Crippen LogP contribution in [0.25, 0.3) is 6.08 Å². The molecule has 0 atom stereocenters.